The Morgan fingerprint density at radius 1 is 1.38 bits per heavy atom. The molecular formula is C15H18N2O4. The maximum atomic E-state index is 12.3. The van der Waals surface area contributed by atoms with Gasteiger partial charge in [0.25, 0.3) is 5.91 Å². The highest BCUT2D eigenvalue weighted by molar-refractivity contribution is 6.03. The summed E-state index contributed by atoms with van der Waals surface area (Å²) in [4.78, 5) is 27.8. The van der Waals surface area contributed by atoms with Gasteiger partial charge >= 0.3 is 0 Å². The van der Waals surface area contributed by atoms with E-state index in [0.717, 1.165) is 6.42 Å². The van der Waals surface area contributed by atoms with E-state index in [-0.39, 0.29) is 18.4 Å². The summed E-state index contributed by atoms with van der Waals surface area (Å²) in [5, 5.41) is 0. The molecule has 0 aromatic heterocycles. The minimum absolute atomic E-state index is 0.0207. The number of carbonyl (C=O) groups excluding carboxylic acids is 2. The Balaban J connectivity index is 1.80. The van der Waals surface area contributed by atoms with Gasteiger partial charge in [-0.25, -0.2) is 0 Å². The van der Waals surface area contributed by atoms with Crippen LogP contribution in [0.3, 0.4) is 0 Å². The van der Waals surface area contributed by atoms with E-state index >= 15 is 0 Å². The lowest BCUT2D eigenvalue weighted by Crippen LogP contribution is -2.50. The van der Waals surface area contributed by atoms with Crippen molar-refractivity contribution in [2.75, 3.05) is 31.3 Å². The van der Waals surface area contributed by atoms with Crippen LogP contribution in [0.15, 0.2) is 24.3 Å². The number of carbonyl (C=O) groups is 2. The summed E-state index contributed by atoms with van der Waals surface area (Å²) in [6.07, 6.45) is 0.251. The second-order valence-electron chi connectivity index (χ2n) is 5.20. The fraction of sp³-hybridized carbons (Fsp3) is 0.467. The Labute approximate surface area is 123 Å². The average molecular weight is 290 g/mol. The molecule has 0 spiro atoms. The fourth-order valence-corrected chi connectivity index (χ4v) is 2.55. The molecule has 21 heavy (non-hydrogen) atoms. The molecular weight excluding hydrogens is 272 g/mol. The molecule has 3 rings (SSSR count). The number of benzene rings is 1. The average Bonchev–Trinajstić information content (AvgIpc) is 2.52. The van der Waals surface area contributed by atoms with Gasteiger partial charge in [0.15, 0.2) is 6.10 Å². The zero-order chi connectivity index (χ0) is 14.8. The number of amides is 2. The van der Waals surface area contributed by atoms with Gasteiger partial charge < -0.3 is 14.4 Å². The monoisotopic (exact) mass is 290 g/mol. The first-order valence-electron chi connectivity index (χ1n) is 7.09. The van der Waals surface area contributed by atoms with Crippen molar-refractivity contribution in [2.24, 2.45) is 0 Å². The van der Waals surface area contributed by atoms with Crippen LogP contribution in [0.25, 0.3) is 0 Å². The molecule has 6 nitrogen and oxygen atoms in total. The fourth-order valence-electron chi connectivity index (χ4n) is 2.55. The lowest BCUT2D eigenvalue weighted by atomic mass is 10.2. The Morgan fingerprint density at radius 2 is 2.19 bits per heavy atom. The summed E-state index contributed by atoms with van der Waals surface area (Å²) in [7, 11) is 0. The number of para-hydroxylation sites is 2. The van der Waals surface area contributed by atoms with Gasteiger partial charge in [0.1, 0.15) is 19.0 Å². The lowest BCUT2D eigenvalue weighted by Gasteiger charge is -2.34. The molecule has 1 saturated heterocycles. The summed E-state index contributed by atoms with van der Waals surface area (Å²) < 4.78 is 10.8. The summed E-state index contributed by atoms with van der Waals surface area (Å²) >= 11 is 0. The molecule has 1 atom stereocenters. The molecule has 1 unspecified atom stereocenters. The van der Waals surface area contributed by atoms with Crippen LogP contribution >= 0.6 is 0 Å². The second kappa shape index (κ2) is 5.73. The smallest absolute Gasteiger partial charge is 0.268 e. The lowest BCUT2D eigenvalue weighted by molar-refractivity contribution is -0.140. The number of hydrogen-bond acceptors (Lipinski definition) is 4. The SMILES string of the molecule is CC1Oc2ccccc2N(CC(=O)N2CCCOC2)C1=O. The Morgan fingerprint density at radius 3 is 2.95 bits per heavy atom. The van der Waals surface area contributed by atoms with Crippen molar-refractivity contribution in [1.82, 2.24) is 4.90 Å². The Hall–Kier alpha value is -2.08. The quantitative estimate of drug-likeness (QED) is 0.815. The molecule has 6 heteroatoms. The number of ether oxygens (including phenoxy) is 2. The first-order chi connectivity index (χ1) is 10.2. The van der Waals surface area contributed by atoms with E-state index in [0.29, 0.717) is 31.3 Å². The van der Waals surface area contributed by atoms with Gasteiger partial charge in [0.2, 0.25) is 5.91 Å². The van der Waals surface area contributed by atoms with E-state index in [2.05, 4.69) is 0 Å². The van der Waals surface area contributed by atoms with Gasteiger partial charge in [-0.15, -0.1) is 0 Å². The predicted octanol–water partition coefficient (Wildman–Crippen LogP) is 1.01. The normalized spacial score (nSPS) is 21.8. The highest BCUT2D eigenvalue weighted by Gasteiger charge is 2.33. The summed E-state index contributed by atoms with van der Waals surface area (Å²) in [5.41, 5.74) is 0.645. The third-order valence-corrected chi connectivity index (χ3v) is 3.68. The predicted molar refractivity (Wildman–Crippen MR) is 76.0 cm³/mol. The van der Waals surface area contributed by atoms with Crippen LogP contribution in [0.1, 0.15) is 13.3 Å². The second-order valence-corrected chi connectivity index (χ2v) is 5.20. The van der Waals surface area contributed by atoms with Gasteiger partial charge in [-0.2, -0.15) is 0 Å². The van der Waals surface area contributed by atoms with Crippen LogP contribution in [-0.2, 0) is 14.3 Å². The molecule has 0 bridgehead atoms. The molecule has 1 aromatic carbocycles. The van der Waals surface area contributed by atoms with Crippen LogP contribution in [-0.4, -0.2) is 49.2 Å². The Bertz CT molecular complexity index is 554. The van der Waals surface area contributed by atoms with E-state index in [9.17, 15) is 9.59 Å². The molecule has 0 aliphatic carbocycles. The largest absolute Gasteiger partial charge is 0.479 e. The molecule has 0 radical (unpaired) electrons. The third-order valence-electron chi connectivity index (χ3n) is 3.68. The van der Waals surface area contributed by atoms with Crippen molar-refractivity contribution in [3.63, 3.8) is 0 Å². The van der Waals surface area contributed by atoms with E-state index in [1.165, 1.54) is 4.90 Å². The van der Waals surface area contributed by atoms with E-state index in [4.69, 9.17) is 9.47 Å². The van der Waals surface area contributed by atoms with Crippen molar-refractivity contribution in [3.8, 4) is 5.75 Å². The zero-order valence-corrected chi connectivity index (χ0v) is 11.9. The molecule has 112 valence electrons. The minimum Gasteiger partial charge on any atom is -0.479 e. The number of anilines is 1. The zero-order valence-electron chi connectivity index (χ0n) is 11.9. The highest BCUT2D eigenvalue weighted by Crippen LogP contribution is 2.33. The van der Waals surface area contributed by atoms with Gasteiger partial charge in [-0.05, 0) is 25.5 Å². The first-order valence-corrected chi connectivity index (χ1v) is 7.09. The van der Waals surface area contributed by atoms with Crippen LogP contribution < -0.4 is 9.64 Å². The first kappa shape index (κ1) is 13.9. The number of fused-ring (bicyclic) bond motifs is 1. The standard InChI is InChI=1S/C15H18N2O4/c1-11-15(19)17(12-5-2-3-6-13(12)21-11)9-14(18)16-7-4-8-20-10-16/h2-3,5-6,11H,4,7-10H2,1H3. The van der Waals surface area contributed by atoms with Crippen molar-refractivity contribution in [2.45, 2.75) is 19.4 Å². The number of rotatable bonds is 2. The maximum absolute atomic E-state index is 12.3. The van der Waals surface area contributed by atoms with Crippen LogP contribution in [0, 0.1) is 0 Å². The number of nitrogens with zero attached hydrogens (tertiary/aromatic N) is 2. The van der Waals surface area contributed by atoms with Crippen LogP contribution in [0.2, 0.25) is 0 Å². The molecule has 1 fully saturated rings. The molecule has 0 N–H and O–H groups in total. The molecule has 2 amide bonds. The van der Waals surface area contributed by atoms with E-state index < -0.39 is 6.10 Å². The van der Waals surface area contributed by atoms with E-state index in [1.807, 2.05) is 12.1 Å². The minimum atomic E-state index is -0.578. The summed E-state index contributed by atoms with van der Waals surface area (Å²) in [5.74, 6) is 0.333. The molecule has 0 saturated carbocycles. The maximum Gasteiger partial charge on any atom is 0.268 e. The summed E-state index contributed by atoms with van der Waals surface area (Å²) in [6.45, 7) is 3.37. The van der Waals surface area contributed by atoms with Gasteiger partial charge in [0.05, 0.1) is 12.3 Å². The molecule has 2 aliphatic heterocycles. The van der Waals surface area contributed by atoms with Crippen LogP contribution in [0.4, 0.5) is 5.69 Å². The topological polar surface area (TPSA) is 59.1 Å². The van der Waals surface area contributed by atoms with Crippen molar-refractivity contribution >= 4 is 17.5 Å². The highest BCUT2D eigenvalue weighted by atomic mass is 16.5. The molecule has 2 heterocycles. The number of hydrogen-bond donors (Lipinski definition) is 0. The van der Waals surface area contributed by atoms with Gasteiger partial charge in [-0.3, -0.25) is 14.5 Å². The molecule has 1 aromatic rings. The summed E-state index contributed by atoms with van der Waals surface area (Å²) in [6, 6.07) is 7.27. The van der Waals surface area contributed by atoms with Crippen molar-refractivity contribution in [1.29, 1.82) is 0 Å². The van der Waals surface area contributed by atoms with Crippen molar-refractivity contribution in [3.05, 3.63) is 24.3 Å². The van der Waals surface area contributed by atoms with E-state index in [1.54, 1.807) is 24.0 Å². The van der Waals surface area contributed by atoms with Crippen LogP contribution in [0.5, 0.6) is 5.75 Å². The Kier molecular flexibility index (Phi) is 3.79. The third kappa shape index (κ3) is 2.71. The van der Waals surface area contributed by atoms with Gasteiger partial charge in [0, 0.05) is 6.54 Å². The molecule has 2 aliphatic rings. The van der Waals surface area contributed by atoms with Crippen molar-refractivity contribution < 1.29 is 19.1 Å². The van der Waals surface area contributed by atoms with Gasteiger partial charge in [-0.1, -0.05) is 12.1 Å².